The first kappa shape index (κ1) is 15.6. The maximum Gasteiger partial charge on any atom is 0.410 e. The highest BCUT2D eigenvalue weighted by Crippen LogP contribution is 2.48. The van der Waals surface area contributed by atoms with Gasteiger partial charge in [0.05, 0.1) is 5.57 Å². The van der Waals surface area contributed by atoms with E-state index in [0.717, 1.165) is 0 Å². The third-order valence-corrected chi connectivity index (χ3v) is 3.89. The van der Waals surface area contributed by atoms with Crippen LogP contribution < -0.4 is 0 Å². The summed E-state index contributed by atoms with van der Waals surface area (Å²) in [4.78, 5) is 25.7. The Morgan fingerprint density at radius 1 is 1.38 bits per heavy atom. The first-order valence-corrected chi connectivity index (χ1v) is 7.14. The predicted molar refractivity (Wildman–Crippen MR) is 77.3 cm³/mol. The van der Waals surface area contributed by atoms with Crippen molar-refractivity contribution < 1.29 is 14.3 Å². The Morgan fingerprint density at radius 3 is 2.43 bits per heavy atom. The van der Waals surface area contributed by atoms with Gasteiger partial charge in [0.15, 0.2) is 5.78 Å². The van der Waals surface area contributed by atoms with Crippen LogP contribution in [0.4, 0.5) is 4.79 Å². The number of carbonyl (C=O) groups is 2. The lowest BCUT2D eigenvalue weighted by Crippen LogP contribution is -2.61. The van der Waals surface area contributed by atoms with E-state index in [1.54, 1.807) is 11.0 Å². The molecule has 2 rings (SSSR count). The number of rotatable bonds is 0. The highest BCUT2D eigenvalue weighted by Gasteiger charge is 2.52. The van der Waals surface area contributed by atoms with Gasteiger partial charge < -0.3 is 9.64 Å². The van der Waals surface area contributed by atoms with Crippen LogP contribution in [-0.2, 0) is 9.53 Å². The summed E-state index contributed by atoms with van der Waals surface area (Å²) >= 11 is 0. The monoisotopic (exact) mass is 290 g/mol. The number of Topliss-reactive ketones (excluding diaryl/α,β-unsaturated/α-hetero) is 1. The molecular weight excluding hydrogens is 268 g/mol. The van der Waals surface area contributed by atoms with Crippen molar-refractivity contribution in [3.05, 3.63) is 11.6 Å². The summed E-state index contributed by atoms with van der Waals surface area (Å²) in [6.07, 6.45) is 2.07. The summed E-state index contributed by atoms with van der Waals surface area (Å²) in [6, 6.07) is 1.99. The normalized spacial score (nSPS) is 23.1. The van der Waals surface area contributed by atoms with Crippen molar-refractivity contribution in [3.63, 3.8) is 0 Å². The van der Waals surface area contributed by atoms with Gasteiger partial charge in [0.2, 0.25) is 0 Å². The molecule has 1 aliphatic carbocycles. The van der Waals surface area contributed by atoms with Gasteiger partial charge in [0.25, 0.3) is 0 Å². The Hall–Kier alpha value is -1.83. The molecule has 0 N–H and O–H groups in total. The van der Waals surface area contributed by atoms with Crippen molar-refractivity contribution in [2.75, 3.05) is 13.1 Å². The van der Waals surface area contributed by atoms with E-state index in [1.807, 2.05) is 40.7 Å². The lowest BCUT2D eigenvalue weighted by Gasteiger charge is -2.52. The topological polar surface area (TPSA) is 70.4 Å². The Balaban J connectivity index is 2.12. The fourth-order valence-corrected chi connectivity index (χ4v) is 3.20. The standard InChI is InChI=1S/C16H22N2O3/c1-14(2,3)21-13(20)18-9-16(10-18)6-11(7-17)12(19)15(4,5)8-16/h6H,8-10H2,1-5H3. The fourth-order valence-electron chi connectivity index (χ4n) is 3.20. The van der Waals surface area contributed by atoms with Crippen molar-refractivity contribution in [2.24, 2.45) is 10.8 Å². The van der Waals surface area contributed by atoms with Crippen LogP contribution in [-0.4, -0.2) is 35.5 Å². The molecule has 1 saturated heterocycles. The zero-order chi connectivity index (χ0) is 16.1. The fraction of sp³-hybridized carbons (Fsp3) is 0.688. The number of hydrogen-bond donors (Lipinski definition) is 0. The number of nitriles is 1. The van der Waals surface area contributed by atoms with Gasteiger partial charge in [-0.2, -0.15) is 5.26 Å². The van der Waals surface area contributed by atoms with Gasteiger partial charge in [-0.1, -0.05) is 19.9 Å². The number of amides is 1. The maximum absolute atomic E-state index is 12.1. The average Bonchev–Trinajstić information content (AvgIpc) is 2.27. The first-order chi connectivity index (χ1) is 9.48. The van der Waals surface area contributed by atoms with Crippen LogP contribution in [0.5, 0.6) is 0 Å². The second-order valence-electron chi connectivity index (χ2n) is 7.76. The molecule has 1 aliphatic heterocycles. The average molecular weight is 290 g/mol. The van der Waals surface area contributed by atoms with Crippen molar-refractivity contribution in [1.82, 2.24) is 4.90 Å². The van der Waals surface area contributed by atoms with Crippen LogP contribution >= 0.6 is 0 Å². The van der Waals surface area contributed by atoms with E-state index >= 15 is 0 Å². The highest BCUT2D eigenvalue weighted by atomic mass is 16.6. The summed E-state index contributed by atoms with van der Waals surface area (Å²) in [6.45, 7) is 10.2. The van der Waals surface area contributed by atoms with E-state index in [9.17, 15) is 9.59 Å². The third-order valence-electron chi connectivity index (χ3n) is 3.89. The largest absolute Gasteiger partial charge is 0.444 e. The van der Waals surface area contributed by atoms with Crippen LogP contribution in [0.1, 0.15) is 41.0 Å². The molecule has 5 nitrogen and oxygen atoms in total. The molecule has 0 atom stereocenters. The van der Waals surface area contributed by atoms with Crippen molar-refractivity contribution in [2.45, 2.75) is 46.6 Å². The Morgan fingerprint density at radius 2 is 1.95 bits per heavy atom. The van der Waals surface area contributed by atoms with Gasteiger partial charge in [-0.15, -0.1) is 0 Å². The summed E-state index contributed by atoms with van der Waals surface area (Å²) in [7, 11) is 0. The lowest BCUT2D eigenvalue weighted by atomic mass is 9.61. The molecule has 0 aromatic heterocycles. The Kier molecular flexibility index (Phi) is 3.40. The second-order valence-corrected chi connectivity index (χ2v) is 7.76. The molecule has 0 aromatic rings. The second kappa shape index (κ2) is 4.59. The van der Waals surface area contributed by atoms with E-state index in [4.69, 9.17) is 10.00 Å². The number of likely N-dealkylation sites (tertiary alicyclic amines) is 1. The number of hydrogen-bond acceptors (Lipinski definition) is 4. The maximum atomic E-state index is 12.1. The number of ketones is 1. The van der Waals surface area contributed by atoms with Gasteiger partial charge in [-0.25, -0.2) is 4.79 Å². The molecule has 2 aliphatic rings. The minimum absolute atomic E-state index is 0.105. The molecule has 1 fully saturated rings. The minimum Gasteiger partial charge on any atom is -0.444 e. The van der Waals surface area contributed by atoms with Crippen LogP contribution in [0.15, 0.2) is 11.6 Å². The molecule has 1 amide bonds. The molecular formula is C16H22N2O3. The molecule has 1 spiro atoms. The van der Waals surface area contributed by atoms with Crippen LogP contribution in [0.25, 0.3) is 0 Å². The molecule has 5 heteroatoms. The Bertz CT molecular complexity index is 555. The van der Waals surface area contributed by atoms with Crippen LogP contribution in [0.3, 0.4) is 0 Å². The zero-order valence-corrected chi connectivity index (χ0v) is 13.3. The molecule has 1 heterocycles. The Labute approximate surface area is 125 Å². The quantitative estimate of drug-likeness (QED) is 0.687. The molecule has 0 bridgehead atoms. The van der Waals surface area contributed by atoms with Crippen LogP contribution in [0, 0.1) is 22.2 Å². The number of carbonyl (C=O) groups excluding carboxylic acids is 2. The molecule has 114 valence electrons. The summed E-state index contributed by atoms with van der Waals surface area (Å²) < 4.78 is 5.34. The lowest BCUT2D eigenvalue weighted by molar-refractivity contribution is -0.127. The van der Waals surface area contributed by atoms with E-state index < -0.39 is 11.0 Å². The number of allylic oxidation sites excluding steroid dienone is 1. The van der Waals surface area contributed by atoms with E-state index in [-0.39, 0.29) is 22.9 Å². The SMILES string of the molecule is CC(C)(C)OC(=O)N1CC2(C=C(C#N)C(=O)C(C)(C)C2)C1. The van der Waals surface area contributed by atoms with E-state index in [2.05, 4.69) is 0 Å². The highest BCUT2D eigenvalue weighted by molar-refractivity contribution is 6.03. The van der Waals surface area contributed by atoms with Gasteiger partial charge in [-0.3, -0.25) is 4.79 Å². The van der Waals surface area contributed by atoms with Gasteiger partial charge in [0.1, 0.15) is 11.7 Å². The van der Waals surface area contributed by atoms with Gasteiger partial charge in [-0.05, 0) is 27.2 Å². The van der Waals surface area contributed by atoms with Gasteiger partial charge >= 0.3 is 6.09 Å². The third kappa shape index (κ3) is 2.94. The van der Waals surface area contributed by atoms with Crippen molar-refractivity contribution >= 4 is 11.9 Å². The zero-order valence-electron chi connectivity index (χ0n) is 13.3. The van der Waals surface area contributed by atoms with Gasteiger partial charge in [0, 0.05) is 23.9 Å². The van der Waals surface area contributed by atoms with Crippen molar-refractivity contribution in [3.8, 4) is 6.07 Å². The van der Waals surface area contributed by atoms with E-state index in [1.165, 1.54) is 0 Å². The summed E-state index contributed by atoms with van der Waals surface area (Å²) in [5.74, 6) is -0.105. The summed E-state index contributed by atoms with van der Waals surface area (Å²) in [5, 5.41) is 9.13. The molecule has 0 unspecified atom stereocenters. The molecule has 0 aromatic carbocycles. The smallest absolute Gasteiger partial charge is 0.410 e. The number of ether oxygens (including phenoxy) is 1. The molecule has 21 heavy (non-hydrogen) atoms. The predicted octanol–water partition coefficient (Wildman–Crippen LogP) is 2.67. The first-order valence-electron chi connectivity index (χ1n) is 7.14. The molecule has 0 saturated carbocycles. The van der Waals surface area contributed by atoms with E-state index in [0.29, 0.717) is 19.5 Å². The molecule has 0 radical (unpaired) electrons. The summed E-state index contributed by atoms with van der Waals surface area (Å²) in [5.41, 5.74) is -1.12. The minimum atomic E-state index is -0.556. The number of nitrogens with zero attached hydrogens (tertiary/aromatic N) is 2. The van der Waals surface area contributed by atoms with Crippen molar-refractivity contribution in [1.29, 1.82) is 5.26 Å². The van der Waals surface area contributed by atoms with Crippen LogP contribution in [0.2, 0.25) is 0 Å².